The molecule has 0 spiro atoms. The molecule has 2 rings (SSSR count). The Morgan fingerprint density at radius 3 is 2.61 bits per heavy atom. The first-order valence-corrected chi connectivity index (χ1v) is 5.69. The van der Waals surface area contributed by atoms with Crippen molar-refractivity contribution in [1.29, 1.82) is 0 Å². The van der Waals surface area contributed by atoms with Gasteiger partial charge in [0.05, 0.1) is 11.7 Å². The second-order valence-electron chi connectivity index (χ2n) is 4.53. The maximum Gasteiger partial charge on any atom is 0.326 e. The van der Waals surface area contributed by atoms with E-state index in [-0.39, 0.29) is 13.0 Å². The molecule has 0 saturated carbocycles. The molecule has 2 atom stereocenters. The highest BCUT2D eigenvalue weighted by Crippen LogP contribution is 2.23. The second-order valence-corrected chi connectivity index (χ2v) is 4.53. The maximum atomic E-state index is 12.2. The van der Waals surface area contributed by atoms with E-state index < -0.39 is 24.0 Å². The molecule has 18 heavy (non-hydrogen) atoms. The van der Waals surface area contributed by atoms with Crippen molar-refractivity contribution in [2.75, 3.05) is 6.54 Å². The fourth-order valence-corrected chi connectivity index (χ4v) is 2.27. The van der Waals surface area contributed by atoms with Gasteiger partial charge in [0.15, 0.2) is 0 Å². The first-order valence-electron chi connectivity index (χ1n) is 5.69. The number of hydrogen-bond donors (Lipinski definition) is 2. The Kier molecular flexibility index (Phi) is 3.13. The molecule has 1 aromatic heterocycles. The van der Waals surface area contributed by atoms with Gasteiger partial charge in [-0.15, -0.1) is 0 Å². The number of likely N-dealkylation sites (tertiary alicyclic amines) is 1. The van der Waals surface area contributed by atoms with Crippen LogP contribution in [0.1, 0.15) is 28.3 Å². The number of β-amino-alcohol motifs (C(OH)–C–C–N with tert-alkyl or cyclic N) is 1. The number of rotatable bonds is 2. The predicted octanol–water partition coefficient (Wildman–Crippen LogP) is 0.556. The van der Waals surface area contributed by atoms with Crippen molar-refractivity contribution in [1.82, 2.24) is 4.90 Å². The lowest BCUT2D eigenvalue weighted by Gasteiger charge is -2.20. The molecule has 98 valence electrons. The second kappa shape index (κ2) is 4.45. The summed E-state index contributed by atoms with van der Waals surface area (Å²) in [6, 6.07) is 0.614. The van der Waals surface area contributed by atoms with Crippen molar-refractivity contribution >= 4 is 11.9 Å². The number of carboxylic acids is 1. The van der Waals surface area contributed by atoms with Gasteiger partial charge in [-0.25, -0.2) is 4.79 Å². The SMILES string of the molecule is Cc1cc(C(=O)N2C[C@H](O)C[C@H]2C(=O)O)c(C)o1. The van der Waals surface area contributed by atoms with Gasteiger partial charge in [0.2, 0.25) is 0 Å². The summed E-state index contributed by atoms with van der Waals surface area (Å²) >= 11 is 0. The monoisotopic (exact) mass is 253 g/mol. The van der Waals surface area contributed by atoms with Gasteiger partial charge in [0.25, 0.3) is 5.91 Å². The lowest BCUT2D eigenvalue weighted by Crippen LogP contribution is -2.40. The Hall–Kier alpha value is -1.82. The smallest absolute Gasteiger partial charge is 0.326 e. The van der Waals surface area contributed by atoms with Crippen molar-refractivity contribution in [3.8, 4) is 0 Å². The highest BCUT2D eigenvalue weighted by molar-refractivity contribution is 5.98. The molecule has 2 N–H and O–H groups in total. The summed E-state index contributed by atoms with van der Waals surface area (Å²) in [7, 11) is 0. The highest BCUT2D eigenvalue weighted by atomic mass is 16.4. The predicted molar refractivity (Wildman–Crippen MR) is 61.3 cm³/mol. The molecule has 1 fully saturated rings. The third kappa shape index (κ3) is 2.11. The van der Waals surface area contributed by atoms with Gasteiger partial charge in [-0.1, -0.05) is 0 Å². The number of carbonyl (C=O) groups is 2. The van der Waals surface area contributed by atoms with Crippen molar-refractivity contribution in [3.05, 3.63) is 23.2 Å². The number of hydrogen-bond acceptors (Lipinski definition) is 4. The van der Waals surface area contributed by atoms with Crippen LogP contribution in [0.4, 0.5) is 0 Å². The van der Waals surface area contributed by atoms with Gasteiger partial charge in [-0.2, -0.15) is 0 Å². The molecule has 1 aliphatic heterocycles. The number of aliphatic hydroxyl groups is 1. The maximum absolute atomic E-state index is 12.2. The molecule has 1 amide bonds. The molecule has 0 aliphatic carbocycles. The van der Waals surface area contributed by atoms with E-state index in [4.69, 9.17) is 9.52 Å². The van der Waals surface area contributed by atoms with Crippen LogP contribution in [0, 0.1) is 13.8 Å². The van der Waals surface area contributed by atoms with Gasteiger partial charge in [-0.3, -0.25) is 4.79 Å². The number of amides is 1. The fraction of sp³-hybridized carbons (Fsp3) is 0.500. The molecular formula is C12H15NO5. The molecule has 1 saturated heterocycles. The summed E-state index contributed by atoms with van der Waals surface area (Å²) in [5.74, 6) is -0.448. The Balaban J connectivity index is 2.28. The Morgan fingerprint density at radius 1 is 1.44 bits per heavy atom. The largest absolute Gasteiger partial charge is 0.480 e. The molecule has 6 nitrogen and oxygen atoms in total. The lowest BCUT2D eigenvalue weighted by atomic mass is 10.2. The minimum Gasteiger partial charge on any atom is -0.480 e. The molecular weight excluding hydrogens is 238 g/mol. The number of carbonyl (C=O) groups excluding carboxylic acids is 1. The Bertz CT molecular complexity index is 493. The minimum absolute atomic E-state index is 0.0411. The van der Waals surface area contributed by atoms with E-state index in [1.807, 2.05) is 0 Å². The summed E-state index contributed by atoms with van der Waals surface area (Å²) in [6.45, 7) is 3.42. The molecule has 6 heteroatoms. The van der Waals surface area contributed by atoms with Crippen LogP contribution in [0.15, 0.2) is 10.5 Å². The van der Waals surface area contributed by atoms with E-state index >= 15 is 0 Å². The van der Waals surface area contributed by atoms with Gasteiger partial charge < -0.3 is 19.5 Å². The van der Waals surface area contributed by atoms with Crippen LogP contribution in [0.25, 0.3) is 0 Å². The summed E-state index contributed by atoms with van der Waals surface area (Å²) < 4.78 is 5.26. The molecule has 1 aromatic rings. The van der Waals surface area contributed by atoms with Gasteiger partial charge in [-0.05, 0) is 19.9 Å². The van der Waals surface area contributed by atoms with Crippen molar-refractivity contribution in [2.45, 2.75) is 32.4 Å². The third-order valence-electron chi connectivity index (χ3n) is 3.10. The molecule has 0 aromatic carbocycles. The van der Waals surface area contributed by atoms with Crippen LogP contribution in [0.5, 0.6) is 0 Å². The summed E-state index contributed by atoms with van der Waals surface area (Å²) in [5.41, 5.74) is 0.354. The summed E-state index contributed by atoms with van der Waals surface area (Å²) in [6.07, 6.45) is -0.722. The molecule has 0 radical (unpaired) electrons. The standard InChI is InChI=1S/C12H15NO5/c1-6-3-9(7(2)18-6)11(15)13-5-8(14)4-10(13)12(16)17/h3,8,10,14H,4-5H2,1-2H3,(H,16,17)/t8-,10+/m1/s1. The highest BCUT2D eigenvalue weighted by Gasteiger charge is 2.40. The Labute approximate surface area is 104 Å². The van der Waals surface area contributed by atoms with Crippen molar-refractivity contribution in [2.24, 2.45) is 0 Å². The average Bonchev–Trinajstić information content (AvgIpc) is 2.81. The minimum atomic E-state index is -1.10. The van der Waals surface area contributed by atoms with Gasteiger partial charge in [0, 0.05) is 13.0 Å². The summed E-state index contributed by atoms with van der Waals surface area (Å²) in [4.78, 5) is 24.5. The zero-order chi connectivity index (χ0) is 13.4. The van der Waals surface area contributed by atoms with Crippen LogP contribution in [0.2, 0.25) is 0 Å². The normalized spacial score (nSPS) is 23.4. The average molecular weight is 253 g/mol. The van der Waals surface area contributed by atoms with E-state index in [2.05, 4.69) is 0 Å². The van der Waals surface area contributed by atoms with Crippen LogP contribution in [0.3, 0.4) is 0 Å². The van der Waals surface area contributed by atoms with E-state index in [9.17, 15) is 14.7 Å². The van der Waals surface area contributed by atoms with Crippen LogP contribution >= 0.6 is 0 Å². The first-order chi connectivity index (χ1) is 8.40. The van der Waals surface area contributed by atoms with Crippen molar-refractivity contribution in [3.63, 3.8) is 0 Å². The molecule has 2 heterocycles. The van der Waals surface area contributed by atoms with Gasteiger partial charge >= 0.3 is 5.97 Å². The fourth-order valence-electron chi connectivity index (χ4n) is 2.27. The molecule has 0 bridgehead atoms. The summed E-state index contributed by atoms with van der Waals surface area (Å²) in [5, 5.41) is 18.6. The quantitative estimate of drug-likeness (QED) is 0.803. The van der Waals surface area contributed by atoms with E-state index in [1.54, 1.807) is 19.9 Å². The molecule has 1 aliphatic rings. The number of nitrogens with zero attached hydrogens (tertiary/aromatic N) is 1. The number of carboxylic acid groups (broad SMARTS) is 1. The van der Waals surface area contributed by atoms with Crippen molar-refractivity contribution < 1.29 is 24.2 Å². The molecule has 0 unspecified atom stereocenters. The van der Waals surface area contributed by atoms with E-state index in [0.717, 1.165) is 0 Å². The van der Waals surface area contributed by atoms with Gasteiger partial charge in [0.1, 0.15) is 17.6 Å². The van der Waals surface area contributed by atoms with Crippen LogP contribution in [-0.4, -0.2) is 45.7 Å². The Morgan fingerprint density at radius 2 is 2.11 bits per heavy atom. The van der Waals surface area contributed by atoms with Crippen LogP contribution in [-0.2, 0) is 4.79 Å². The first kappa shape index (κ1) is 12.6. The number of aryl methyl sites for hydroxylation is 2. The topological polar surface area (TPSA) is 91.0 Å². The lowest BCUT2D eigenvalue weighted by molar-refractivity contribution is -0.141. The third-order valence-corrected chi connectivity index (χ3v) is 3.10. The van der Waals surface area contributed by atoms with Crippen LogP contribution < -0.4 is 0 Å². The number of aliphatic hydroxyl groups excluding tert-OH is 1. The van der Waals surface area contributed by atoms with E-state index in [0.29, 0.717) is 17.1 Å². The number of furan rings is 1. The van der Waals surface area contributed by atoms with E-state index in [1.165, 1.54) is 4.90 Å². The number of aliphatic carboxylic acids is 1. The zero-order valence-electron chi connectivity index (χ0n) is 10.2. The zero-order valence-corrected chi connectivity index (χ0v) is 10.2.